The molecule has 0 spiro atoms. The summed E-state index contributed by atoms with van der Waals surface area (Å²) < 4.78 is 0. The van der Waals surface area contributed by atoms with Gasteiger partial charge in [0.1, 0.15) is 0 Å². The molecule has 0 heterocycles. The van der Waals surface area contributed by atoms with E-state index >= 15 is 0 Å². The molecule has 0 bridgehead atoms. The van der Waals surface area contributed by atoms with Crippen LogP contribution in [-0.4, -0.2) is 53.5 Å². The van der Waals surface area contributed by atoms with Gasteiger partial charge in [-0.15, -0.1) is 0 Å². The van der Waals surface area contributed by atoms with Gasteiger partial charge in [-0.3, -0.25) is 14.5 Å². The van der Waals surface area contributed by atoms with Crippen LogP contribution in [-0.2, 0) is 16.1 Å². The number of nitrogens with zero attached hydrogens (tertiary/aromatic N) is 2. The molecule has 0 aromatic heterocycles. The maximum absolute atomic E-state index is 12.2. The first-order valence-corrected chi connectivity index (χ1v) is 6.75. The van der Waals surface area contributed by atoms with Crippen molar-refractivity contribution in [3.8, 4) is 0 Å². The fourth-order valence-electron chi connectivity index (χ4n) is 1.88. The number of hydrogen-bond donors (Lipinski definition) is 1. The van der Waals surface area contributed by atoms with E-state index in [1.807, 2.05) is 37.3 Å². The summed E-state index contributed by atoms with van der Waals surface area (Å²) in [5.74, 6) is -0.829. The number of carboxylic acids is 1. The summed E-state index contributed by atoms with van der Waals surface area (Å²) in [5.41, 5.74) is 1.09. The normalized spacial score (nSPS) is 10.6. The van der Waals surface area contributed by atoms with Crippen LogP contribution in [0.5, 0.6) is 0 Å². The number of carboxylic acid groups (broad SMARTS) is 1. The molecule has 20 heavy (non-hydrogen) atoms. The van der Waals surface area contributed by atoms with Gasteiger partial charge in [-0.2, -0.15) is 0 Å². The molecule has 1 aromatic rings. The first-order chi connectivity index (χ1) is 9.52. The first-order valence-electron chi connectivity index (χ1n) is 6.75. The van der Waals surface area contributed by atoms with Crippen LogP contribution in [0.25, 0.3) is 0 Å². The largest absolute Gasteiger partial charge is 0.481 e. The minimum atomic E-state index is -0.846. The highest BCUT2D eigenvalue weighted by atomic mass is 16.4. The van der Waals surface area contributed by atoms with Gasteiger partial charge in [0.05, 0.1) is 13.0 Å². The smallest absolute Gasteiger partial charge is 0.304 e. The van der Waals surface area contributed by atoms with Crippen LogP contribution in [0.3, 0.4) is 0 Å². The van der Waals surface area contributed by atoms with Crippen molar-refractivity contribution in [1.29, 1.82) is 0 Å². The summed E-state index contributed by atoms with van der Waals surface area (Å²) in [4.78, 5) is 26.2. The Bertz CT molecular complexity index is 434. The Morgan fingerprint density at radius 3 is 2.40 bits per heavy atom. The number of amides is 1. The summed E-state index contributed by atoms with van der Waals surface area (Å²) >= 11 is 0. The molecule has 0 aliphatic carbocycles. The van der Waals surface area contributed by atoms with Crippen LogP contribution < -0.4 is 0 Å². The zero-order valence-electron chi connectivity index (χ0n) is 12.1. The lowest BCUT2D eigenvalue weighted by molar-refractivity contribution is -0.138. The summed E-state index contributed by atoms with van der Waals surface area (Å²) in [6, 6.07) is 9.83. The van der Waals surface area contributed by atoms with Crippen LogP contribution in [0.2, 0.25) is 0 Å². The van der Waals surface area contributed by atoms with Gasteiger partial charge < -0.3 is 10.0 Å². The molecule has 0 aliphatic rings. The van der Waals surface area contributed by atoms with Gasteiger partial charge in [0.15, 0.2) is 0 Å². The number of likely N-dealkylation sites (N-methyl/N-ethyl adjacent to an activating group) is 2. The maximum Gasteiger partial charge on any atom is 0.304 e. The predicted molar refractivity (Wildman–Crippen MR) is 77.3 cm³/mol. The van der Waals surface area contributed by atoms with Gasteiger partial charge in [-0.1, -0.05) is 30.3 Å². The van der Waals surface area contributed by atoms with E-state index in [0.717, 1.165) is 5.56 Å². The fraction of sp³-hybridized carbons (Fsp3) is 0.467. The van der Waals surface area contributed by atoms with E-state index < -0.39 is 5.97 Å². The molecule has 0 atom stereocenters. The van der Waals surface area contributed by atoms with E-state index in [1.165, 1.54) is 0 Å². The Labute approximate surface area is 119 Å². The number of hydrogen-bond acceptors (Lipinski definition) is 3. The van der Waals surface area contributed by atoms with E-state index in [9.17, 15) is 9.59 Å². The van der Waals surface area contributed by atoms with Crippen molar-refractivity contribution in [2.24, 2.45) is 0 Å². The van der Waals surface area contributed by atoms with E-state index in [-0.39, 0.29) is 18.9 Å². The van der Waals surface area contributed by atoms with E-state index in [2.05, 4.69) is 0 Å². The number of carbonyl (C=O) groups excluding carboxylic acids is 1. The van der Waals surface area contributed by atoms with Crippen molar-refractivity contribution < 1.29 is 14.7 Å². The van der Waals surface area contributed by atoms with Gasteiger partial charge in [-0.05, 0) is 19.5 Å². The molecule has 0 saturated heterocycles. The second-order valence-electron chi connectivity index (χ2n) is 4.78. The highest BCUT2D eigenvalue weighted by molar-refractivity contribution is 5.78. The van der Waals surface area contributed by atoms with Crippen molar-refractivity contribution in [2.45, 2.75) is 19.9 Å². The SMILES string of the molecule is CCN(Cc1ccccc1)C(=O)CN(C)CCC(=O)O. The molecule has 0 aliphatic heterocycles. The lowest BCUT2D eigenvalue weighted by Crippen LogP contribution is -2.39. The molecule has 1 rings (SSSR count). The molecular weight excluding hydrogens is 256 g/mol. The quantitative estimate of drug-likeness (QED) is 0.781. The molecule has 110 valence electrons. The van der Waals surface area contributed by atoms with Gasteiger partial charge >= 0.3 is 5.97 Å². The Morgan fingerprint density at radius 1 is 1.20 bits per heavy atom. The molecule has 5 nitrogen and oxygen atoms in total. The van der Waals surface area contributed by atoms with Crippen molar-refractivity contribution in [3.63, 3.8) is 0 Å². The molecular formula is C15H22N2O3. The van der Waals surface area contributed by atoms with Crippen molar-refractivity contribution in [2.75, 3.05) is 26.7 Å². The van der Waals surface area contributed by atoms with Gasteiger partial charge in [0.25, 0.3) is 0 Å². The number of benzene rings is 1. The highest BCUT2D eigenvalue weighted by Crippen LogP contribution is 2.05. The average molecular weight is 278 g/mol. The van der Waals surface area contributed by atoms with Crippen LogP contribution >= 0.6 is 0 Å². The van der Waals surface area contributed by atoms with Crippen LogP contribution in [0, 0.1) is 0 Å². The topological polar surface area (TPSA) is 60.9 Å². The minimum Gasteiger partial charge on any atom is -0.481 e. The lowest BCUT2D eigenvalue weighted by Gasteiger charge is -2.24. The average Bonchev–Trinajstić information content (AvgIpc) is 2.43. The van der Waals surface area contributed by atoms with Gasteiger partial charge in [-0.25, -0.2) is 0 Å². The van der Waals surface area contributed by atoms with Crippen LogP contribution in [0.15, 0.2) is 30.3 Å². The van der Waals surface area contributed by atoms with E-state index in [1.54, 1.807) is 16.8 Å². The summed E-state index contributed by atoms with van der Waals surface area (Å²) in [5, 5.41) is 8.62. The fourth-order valence-corrected chi connectivity index (χ4v) is 1.88. The van der Waals surface area contributed by atoms with Gasteiger partial charge in [0, 0.05) is 19.6 Å². The predicted octanol–water partition coefficient (Wildman–Crippen LogP) is 1.44. The third-order valence-corrected chi connectivity index (χ3v) is 3.06. The van der Waals surface area contributed by atoms with Crippen molar-refractivity contribution in [3.05, 3.63) is 35.9 Å². The molecule has 1 amide bonds. The summed E-state index contributed by atoms with van der Waals surface area (Å²) in [7, 11) is 1.76. The van der Waals surface area contributed by atoms with Crippen LogP contribution in [0.4, 0.5) is 0 Å². The standard InChI is InChI=1S/C15H22N2O3/c1-3-17(11-13-7-5-4-6-8-13)14(18)12-16(2)10-9-15(19)20/h4-8H,3,9-12H2,1-2H3,(H,19,20). The molecule has 0 unspecified atom stereocenters. The molecule has 0 saturated carbocycles. The number of aliphatic carboxylic acids is 1. The molecule has 0 fully saturated rings. The monoisotopic (exact) mass is 278 g/mol. The second-order valence-corrected chi connectivity index (χ2v) is 4.78. The highest BCUT2D eigenvalue weighted by Gasteiger charge is 2.14. The van der Waals surface area contributed by atoms with Gasteiger partial charge in [0.2, 0.25) is 5.91 Å². The Morgan fingerprint density at radius 2 is 1.85 bits per heavy atom. The second kappa shape index (κ2) is 8.32. The Balaban J connectivity index is 2.48. The third-order valence-electron chi connectivity index (χ3n) is 3.06. The number of rotatable bonds is 8. The minimum absolute atomic E-state index is 0.0178. The first kappa shape index (κ1) is 16.2. The zero-order chi connectivity index (χ0) is 15.0. The molecule has 0 radical (unpaired) electrons. The van der Waals surface area contributed by atoms with Crippen molar-refractivity contribution in [1.82, 2.24) is 9.80 Å². The lowest BCUT2D eigenvalue weighted by atomic mass is 10.2. The molecule has 1 aromatic carbocycles. The van der Waals surface area contributed by atoms with Crippen LogP contribution in [0.1, 0.15) is 18.9 Å². The molecule has 1 N–H and O–H groups in total. The van der Waals surface area contributed by atoms with E-state index in [4.69, 9.17) is 5.11 Å². The Hall–Kier alpha value is -1.88. The maximum atomic E-state index is 12.2. The summed E-state index contributed by atoms with van der Waals surface area (Å²) in [6.07, 6.45) is 0.0502. The Kier molecular flexibility index (Phi) is 6.73. The zero-order valence-corrected chi connectivity index (χ0v) is 12.1. The number of carbonyl (C=O) groups is 2. The van der Waals surface area contributed by atoms with Crippen molar-refractivity contribution >= 4 is 11.9 Å². The van der Waals surface area contributed by atoms with E-state index in [0.29, 0.717) is 19.6 Å². The summed E-state index contributed by atoms with van der Waals surface area (Å²) in [6.45, 7) is 3.79. The molecule has 5 heteroatoms. The third kappa shape index (κ3) is 5.84.